The summed E-state index contributed by atoms with van der Waals surface area (Å²) in [4.78, 5) is 58.0. The molecule has 0 bridgehead atoms. The number of fused-ring (bicyclic) bond motifs is 2. The Balaban J connectivity index is 0.000000298. The zero-order chi connectivity index (χ0) is 58.6. The van der Waals surface area contributed by atoms with Gasteiger partial charge in [-0.2, -0.15) is 8.42 Å². The average molecular weight is 1240 g/mol. The lowest BCUT2D eigenvalue weighted by Gasteiger charge is -2.23. The van der Waals surface area contributed by atoms with Crippen LogP contribution in [0, 0.1) is 0 Å². The smallest absolute Gasteiger partial charge is 0.264 e. The van der Waals surface area contributed by atoms with Gasteiger partial charge in [0, 0.05) is 83.7 Å². The molecule has 0 unspecified atom stereocenters. The molecule has 0 fully saturated rings. The van der Waals surface area contributed by atoms with Crippen LogP contribution in [0.2, 0.25) is 0 Å². The summed E-state index contributed by atoms with van der Waals surface area (Å²) in [5.41, 5.74) is 6.51. The van der Waals surface area contributed by atoms with E-state index >= 15 is 0 Å². The maximum atomic E-state index is 13.7. The van der Waals surface area contributed by atoms with Crippen molar-refractivity contribution in [2.24, 2.45) is 0 Å². The number of ketones is 2. The second-order valence-electron chi connectivity index (χ2n) is 21.3. The molecule has 2 aromatic heterocycles. The molecule has 1 N–H and O–H groups in total. The van der Waals surface area contributed by atoms with Gasteiger partial charge >= 0.3 is 0 Å². The molecule has 0 aliphatic heterocycles. The molecule has 6 aromatic rings. The van der Waals surface area contributed by atoms with Gasteiger partial charge in [0.1, 0.15) is 24.6 Å². The largest absolute Gasteiger partial charge is 0.497 e. The fourth-order valence-corrected chi connectivity index (χ4v) is 11.2. The quantitative estimate of drug-likeness (QED) is 0.0132. The van der Waals surface area contributed by atoms with Crippen LogP contribution in [0.3, 0.4) is 0 Å². The van der Waals surface area contributed by atoms with Crippen molar-refractivity contribution in [1.82, 2.24) is 18.9 Å². The number of halogens is 1. The Morgan fingerprint density at radius 1 is 0.494 bits per heavy atom. The molecule has 0 saturated carbocycles. The second kappa shape index (κ2) is 35.5. The SMILES string of the molecule is CCCCN(CCCC)C(=O)Cn1cc(C(=O)c2ccc(CCCCCCCI)cc2)c2ccc(OC)cc21.CCCCN(CCCC)C(=O)Cn1cc(C(=O)c2ccc(CCCCCCCS(=O)(=O)O)cc2)c2ccc(OC)cc21. The first-order chi connectivity index (χ1) is 39.2. The third-order valence-electron chi connectivity index (χ3n) is 15.0. The summed E-state index contributed by atoms with van der Waals surface area (Å²) < 4.78 is 46.4. The van der Waals surface area contributed by atoms with Crippen LogP contribution in [0.4, 0.5) is 0 Å². The van der Waals surface area contributed by atoms with Crippen molar-refractivity contribution < 1.29 is 41.6 Å². The molecule has 442 valence electrons. The number of carbonyl (C=O) groups excluding carboxylic acids is 4. The summed E-state index contributed by atoms with van der Waals surface area (Å²) >= 11 is 2.44. The molecular formula is C66H91IN4O9S. The number of rotatable bonds is 37. The predicted molar refractivity (Wildman–Crippen MR) is 338 cm³/mol. The van der Waals surface area contributed by atoms with Crippen molar-refractivity contribution in [2.75, 3.05) is 50.6 Å². The molecule has 2 amide bonds. The lowest BCUT2D eigenvalue weighted by molar-refractivity contribution is -0.132. The van der Waals surface area contributed by atoms with Gasteiger partial charge in [0.05, 0.1) is 31.0 Å². The van der Waals surface area contributed by atoms with E-state index in [1.165, 1.54) is 42.1 Å². The number of carbonyl (C=O) groups is 4. The van der Waals surface area contributed by atoms with Gasteiger partial charge in [-0.3, -0.25) is 23.7 Å². The molecule has 4 aromatic carbocycles. The van der Waals surface area contributed by atoms with E-state index in [4.69, 9.17) is 14.0 Å². The highest BCUT2D eigenvalue weighted by atomic mass is 127. The number of ether oxygens (including phenoxy) is 2. The normalized spacial score (nSPS) is 11.4. The lowest BCUT2D eigenvalue weighted by atomic mass is 9.99. The van der Waals surface area contributed by atoms with Crippen LogP contribution in [0.15, 0.2) is 97.3 Å². The summed E-state index contributed by atoms with van der Waals surface area (Å²) in [6.07, 6.45) is 24.1. The molecular weight excluding hydrogens is 1150 g/mol. The van der Waals surface area contributed by atoms with Crippen LogP contribution in [0.5, 0.6) is 11.5 Å². The number of methoxy groups -OCH3 is 2. The van der Waals surface area contributed by atoms with Crippen LogP contribution in [0.1, 0.15) is 186 Å². The molecule has 0 spiro atoms. The maximum Gasteiger partial charge on any atom is 0.264 e. The first kappa shape index (κ1) is 66.3. The zero-order valence-corrected chi connectivity index (χ0v) is 52.3. The van der Waals surface area contributed by atoms with Gasteiger partial charge in [0.2, 0.25) is 11.8 Å². The predicted octanol–water partition coefficient (Wildman–Crippen LogP) is 14.9. The number of hydrogen-bond donors (Lipinski definition) is 1. The highest BCUT2D eigenvalue weighted by Crippen LogP contribution is 2.30. The van der Waals surface area contributed by atoms with Crippen molar-refractivity contribution in [3.63, 3.8) is 0 Å². The topological polar surface area (TPSA) is 157 Å². The molecule has 0 atom stereocenters. The molecule has 2 heterocycles. The Morgan fingerprint density at radius 3 is 1.20 bits per heavy atom. The van der Waals surface area contributed by atoms with Crippen LogP contribution in [-0.2, 0) is 45.6 Å². The summed E-state index contributed by atoms with van der Waals surface area (Å²) in [5, 5.41) is 1.64. The fourth-order valence-electron chi connectivity index (χ4n) is 10.1. The van der Waals surface area contributed by atoms with Gasteiger partial charge in [-0.1, -0.05) is 163 Å². The van der Waals surface area contributed by atoms with E-state index in [2.05, 4.69) is 62.4 Å². The average Bonchev–Trinajstić information content (AvgIpc) is 4.17. The Kier molecular flexibility index (Phi) is 29.0. The monoisotopic (exact) mass is 1240 g/mol. The van der Waals surface area contributed by atoms with Crippen molar-refractivity contribution >= 4 is 77.9 Å². The van der Waals surface area contributed by atoms with Crippen LogP contribution in [0.25, 0.3) is 21.8 Å². The summed E-state index contributed by atoms with van der Waals surface area (Å²) in [6, 6.07) is 27.1. The van der Waals surface area contributed by atoms with Gasteiger partial charge in [-0.15, -0.1) is 0 Å². The Hall–Kier alpha value is -5.52. The Bertz CT molecular complexity index is 2990. The van der Waals surface area contributed by atoms with E-state index in [1.807, 2.05) is 97.9 Å². The molecule has 81 heavy (non-hydrogen) atoms. The Labute approximate surface area is 497 Å². The van der Waals surface area contributed by atoms with E-state index < -0.39 is 10.1 Å². The molecule has 0 saturated heterocycles. The Morgan fingerprint density at radius 2 is 0.852 bits per heavy atom. The number of benzene rings is 4. The van der Waals surface area contributed by atoms with Crippen molar-refractivity contribution in [3.8, 4) is 11.5 Å². The fraction of sp³-hybridized carbons (Fsp3) is 0.515. The van der Waals surface area contributed by atoms with Gasteiger partial charge in [0.15, 0.2) is 11.6 Å². The molecule has 0 aliphatic carbocycles. The van der Waals surface area contributed by atoms with Gasteiger partial charge in [0.25, 0.3) is 10.1 Å². The first-order valence-electron chi connectivity index (χ1n) is 29.9. The number of aryl methyl sites for hydroxylation is 2. The number of hydrogen-bond acceptors (Lipinski definition) is 8. The van der Waals surface area contributed by atoms with E-state index in [-0.39, 0.29) is 42.2 Å². The van der Waals surface area contributed by atoms with Gasteiger partial charge in [-0.25, -0.2) is 0 Å². The van der Waals surface area contributed by atoms with Gasteiger partial charge in [-0.05, 0) is 104 Å². The highest BCUT2D eigenvalue weighted by molar-refractivity contribution is 14.1. The lowest BCUT2D eigenvalue weighted by Crippen LogP contribution is -2.35. The molecule has 0 aliphatic rings. The van der Waals surface area contributed by atoms with Crippen molar-refractivity contribution in [1.29, 1.82) is 0 Å². The summed E-state index contributed by atoms with van der Waals surface area (Å²) in [7, 11) is -0.632. The molecule has 15 heteroatoms. The number of amides is 2. The summed E-state index contributed by atoms with van der Waals surface area (Å²) in [6.45, 7) is 11.9. The summed E-state index contributed by atoms with van der Waals surface area (Å²) in [5.74, 6) is 1.24. The third kappa shape index (κ3) is 21.3. The minimum Gasteiger partial charge on any atom is -0.497 e. The molecule has 13 nitrogen and oxygen atoms in total. The third-order valence-corrected chi connectivity index (χ3v) is 16.6. The van der Waals surface area contributed by atoms with Crippen molar-refractivity contribution in [3.05, 3.63) is 131 Å². The minimum atomic E-state index is -3.87. The second-order valence-corrected chi connectivity index (χ2v) is 24.0. The van der Waals surface area contributed by atoms with E-state index in [9.17, 15) is 27.6 Å². The molecule has 0 radical (unpaired) electrons. The number of aromatic nitrogens is 2. The molecule has 6 rings (SSSR count). The first-order valence-corrected chi connectivity index (χ1v) is 33.0. The van der Waals surface area contributed by atoms with E-state index in [1.54, 1.807) is 20.4 Å². The van der Waals surface area contributed by atoms with Crippen LogP contribution in [-0.4, -0.2) is 106 Å². The number of unbranched alkanes of at least 4 members (excludes halogenated alkanes) is 12. The van der Waals surface area contributed by atoms with Crippen LogP contribution >= 0.6 is 22.6 Å². The van der Waals surface area contributed by atoms with Crippen molar-refractivity contribution in [2.45, 2.75) is 169 Å². The van der Waals surface area contributed by atoms with Crippen LogP contribution < -0.4 is 9.47 Å². The van der Waals surface area contributed by atoms with E-state index in [0.717, 1.165) is 143 Å². The maximum absolute atomic E-state index is 13.7. The number of alkyl halides is 1. The number of nitrogens with zero attached hydrogens (tertiary/aromatic N) is 4. The minimum absolute atomic E-state index is 0.0180. The standard InChI is InChI=1S/C33H45IN2O3.C33H46N2O6S/c1-4-6-21-35(22-7-5-2)32(37)25-36-24-30(29-19-18-28(39-3)23-31(29)36)33(38)27-16-14-26(15-17-27)13-11-9-8-10-12-20-34;1-4-6-20-34(21-7-5-2)32(36)25-35-24-30(29-19-18-28(41-3)23-31(29)35)33(37)27-16-14-26(15-17-27)13-11-9-8-10-12-22-42(38,39)40/h14-19,23-24H,4-13,20-22,25H2,1-3H3;14-19,23-24H,4-13,20-22,25H2,1-3H3,(H,38,39,40). The highest BCUT2D eigenvalue weighted by Gasteiger charge is 2.23. The zero-order valence-electron chi connectivity index (χ0n) is 49.3. The van der Waals surface area contributed by atoms with Gasteiger partial charge < -0.3 is 28.4 Å². The van der Waals surface area contributed by atoms with E-state index in [0.29, 0.717) is 40.2 Å².